The summed E-state index contributed by atoms with van der Waals surface area (Å²) in [5.74, 6) is -1.45. The van der Waals surface area contributed by atoms with E-state index in [1.165, 1.54) is 9.80 Å². The van der Waals surface area contributed by atoms with Crippen LogP contribution >= 0.6 is 0 Å². The number of hydrogen-bond donors (Lipinski definition) is 2. The van der Waals surface area contributed by atoms with E-state index in [2.05, 4.69) is 10.6 Å². The first kappa shape index (κ1) is 17.9. The molecule has 1 aliphatic heterocycles. The van der Waals surface area contributed by atoms with Crippen LogP contribution in [0.2, 0.25) is 0 Å². The number of nitrogens with zero attached hydrogens (tertiary/aromatic N) is 2. The van der Waals surface area contributed by atoms with E-state index in [-0.39, 0.29) is 12.5 Å². The highest BCUT2D eigenvalue weighted by molar-refractivity contribution is 6.35. The number of para-hydroxylation sites is 1. The Balaban J connectivity index is 1.97. The number of carbonyl (C=O) groups excluding carboxylic acids is 3. The molecule has 7 heteroatoms. The first-order valence-corrected chi connectivity index (χ1v) is 8.23. The second kappa shape index (κ2) is 8.44. The van der Waals surface area contributed by atoms with Gasteiger partial charge in [0.05, 0.1) is 0 Å². The summed E-state index contributed by atoms with van der Waals surface area (Å²) in [5, 5.41) is 6.05. The topological polar surface area (TPSA) is 81.8 Å². The molecule has 0 unspecified atom stereocenters. The van der Waals surface area contributed by atoms with Crippen molar-refractivity contribution < 1.29 is 14.4 Å². The summed E-state index contributed by atoms with van der Waals surface area (Å²) in [6.45, 7) is 6.56. The Hall–Kier alpha value is -2.41. The molecule has 0 atom stereocenters. The first-order chi connectivity index (χ1) is 11.6. The van der Waals surface area contributed by atoms with Gasteiger partial charge in [-0.25, -0.2) is 0 Å². The maximum atomic E-state index is 12.3. The first-order valence-electron chi connectivity index (χ1n) is 8.23. The number of carbonyl (C=O) groups is 3. The Kier molecular flexibility index (Phi) is 6.31. The molecule has 1 aromatic carbocycles. The normalized spacial score (nSPS) is 14.9. The lowest BCUT2D eigenvalue weighted by molar-refractivity contribution is -0.156. The minimum Gasteiger partial charge on any atom is -0.333 e. The molecule has 1 aliphatic rings. The second-order valence-corrected chi connectivity index (χ2v) is 5.60. The molecule has 130 valence electrons. The van der Waals surface area contributed by atoms with Crippen LogP contribution in [0.4, 0.5) is 5.69 Å². The molecular weight excluding hydrogens is 308 g/mol. The zero-order valence-electron chi connectivity index (χ0n) is 14.2. The third-order valence-electron chi connectivity index (χ3n) is 3.97. The van der Waals surface area contributed by atoms with Crippen LogP contribution in [-0.2, 0) is 20.9 Å². The molecule has 0 bridgehead atoms. The summed E-state index contributed by atoms with van der Waals surface area (Å²) in [5.41, 5.74) is 1.69. The van der Waals surface area contributed by atoms with Crippen LogP contribution in [0, 0.1) is 0 Å². The predicted octanol–water partition coefficient (Wildman–Crippen LogP) is 0.425. The molecule has 1 fully saturated rings. The van der Waals surface area contributed by atoms with Crippen molar-refractivity contribution in [2.45, 2.75) is 20.4 Å². The molecule has 1 aromatic rings. The third kappa shape index (κ3) is 4.32. The second-order valence-electron chi connectivity index (χ2n) is 5.60. The summed E-state index contributed by atoms with van der Waals surface area (Å²) in [6, 6.07) is 7.52. The van der Waals surface area contributed by atoms with Gasteiger partial charge in [-0.2, -0.15) is 0 Å². The minimum absolute atomic E-state index is 0.113. The van der Waals surface area contributed by atoms with E-state index >= 15 is 0 Å². The number of hydrogen-bond acceptors (Lipinski definition) is 4. The van der Waals surface area contributed by atoms with Crippen LogP contribution in [0.3, 0.4) is 0 Å². The SMILES string of the molecule is CCNCc1ccccc1NC(=O)CN1CCN(CC)C(=O)C1=O. The van der Waals surface area contributed by atoms with Gasteiger partial charge in [0.1, 0.15) is 6.54 Å². The van der Waals surface area contributed by atoms with Gasteiger partial charge in [0.25, 0.3) is 0 Å². The van der Waals surface area contributed by atoms with E-state index in [1.54, 1.807) is 0 Å². The molecule has 2 rings (SSSR count). The monoisotopic (exact) mass is 332 g/mol. The van der Waals surface area contributed by atoms with Crippen molar-refractivity contribution in [3.05, 3.63) is 29.8 Å². The summed E-state index contributed by atoms with van der Waals surface area (Å²) >= 11 is 0. The third-order valence-corrected chi connectivity index (χ3v) is 3.97. The Morgan fingerprint density at radius 3 is 2.46 bits per heavy atom. The van der Waals surface area contributed by atoms with E-state index in [0.29, 0.717) is 26.2 Å². The van der Waals surface area contributed by atoms with Crippen molar-refractivity contribution in [1.29, 1.82) is 0 Å². The van der Waals surface area contributed by atoms with Crippen molar-refractivity contribution in [2.75, 3.05) is 38.0 Å². The highest BCUT2D eigenvalue weighted by Gasteiger charge is 2.32. The van der Waals surface area contributed by atoms with Crippen LogP contribution < -0.4 is 10.6 Å². The lowest BCUT2D eigenvalue weighted by Gasteiger charge is -2.32. The fourth-order valence-corrected chi connectivity index (χ4v) is 2.59. The molecular formula is C17H24N4O3. The number of nitrogens with one attached hydrogen (secondary N) is 2. The molecule has 7 nitrogen and oxygen atoms in total. The Bertz CT molecular complexity index is 618. The van der Waals surface area contributed by atoms with Gasteiger partial charge in [0.2, 0.25) is 5.91 Å². The Morgan fingerprint density at radius 2 is 1.75 bits per heavy atom. The quantitative estimate of drug-likeness (QED) is 0.709. The number of rotatable bonds is 7. The molecule has 0 radical (unpaired) electrons. The van der Waals surface area contributed by atoms with Gasteiger partial charge < -0.3 is 20.4 Å². The Labute approximate surface area is 142 Å². The zero-order chi connectivity index (χ0) is 17.5. The smallest absolute Gasteiger partial charge is 0.312 e. The fraction of sp³-hybridized carbons (Fsp3) is 0.471. The summed E-state index contributed by atoms with van der Waals surface area (Å²) < 4.78 is 0. The van der Waals surface area contributed by atoms with Gasteiger partial charge in [-0.1, -0.05) is 25.1 Å². The predicted molar refractivity (Wildman–Crippen MR) is 91.3 cm³/mol. The van der Waals surface area contributed by atoms with E-state index in [1.807, 2.05) is 38.1 Å². The summed E-state index contributed by atoms with van der Waals surface area (Å²) in [7, 11) is 0. The van der Waals surface area contributed by atoms with E-state index in [9.17, 15) is 14.4 Å². The van der Waals surface area contributed by atoms with E-state index < -0.39 is 11.8 Å². The molecule has 0 aliphatic carbocycles. The molecule has 3 amide bonds. The molecule has 2 N–H and O–H groups in total. The molecule has 1 heterocycles. The van der Waals surface area contributed by atoms with Gasteiger partial charge in [0, 0.05) is 31.9 Å². The molecule has 0 aromatic heterocycles. The van der Waals surface area contributed by atoms with Crippen molar-refractivity contribution in [3.8, 4) is 0 Å². The summed E-state index contributed by atoms with van der Waals surface area (Å²) in [6.07, 6.45) is 0. The maximum Gasteiger partial charge on any atom is 0.312 e. The van der Waals surface area contributed by atoms with Crippen LogP contribution in [0.15, 0.2) is 24.3 Å². The maximum absolute atomic E-state index is 12.3. The molecule has 0 saturated carbocycles. The van der Waals surface area contributed by atoms with Crippen molar-refractivity contribution in [3.63, 3.8) is 0 Å². The molecule has 24 heavy (non-hydrogen) atoms. The number of benzene rings is 1. The van der Waals surface area contributed by atoms with E-state index in [0.717, 1.165) is 17.8 Å². The standard InChI is InChI=1S/C17H24N4O3/c1-3-18-11-13-7-5-6-8-14(13)19-15(22)12-21-10-9-20(4-2)16(23)17(21)24/h5-8,18H,3-4,9-12H2,1-2H3,(H,19,22). The number of amides is 3. The molecule has 0 spiro atoms. The van der Waals surface area contributed by atoms with Crippen LogP contribution in [0.5, 0.6) is 0 Å². The van der Waals surface area contributed by atoms with E-state index in [4.69, 9.17) is 0 Å². The minimum atomic E-state index is -0.612. The van der Waals surface area contributed by atoms with Crippen LogP contribution in [0.25, 0.3) is 0 Å². The van der Waals surface area contributed by atoms with Crippen molar-refractivity contribution in [2.24, 2.45) is 0 Å². The average molecular weight is 332 g/mol. The zero-order valence-corrected chi connectivity index (χ0v) is 14.2. The largest absolute Gasteiger partial charge is 0.333 e. The highest BCUT2D eigenvalue weighted by Crippen LogP contribution is 2.15. The van der Waals surface area contributed by atoms with Gasteiger partial charge >= 0.3 is 11.8 Å². The van der Waals surface area contributed by atoms with Crippen LogP contribution in [-0.4, -0.2) is 60.2 Å². The van der Waals surface area contributed by atoms with Gasteiger partial charge in [0.15, 0.2) is 0 Å². The van der Waals surface area contributed by atoms with Gasteiger partial charge in [-0.05, 0) is 25.1 Å². The molecule has 1 saturated heterocycles. The lowest BCUT2D eigenvalue weighted by atomic mass is 10.1. The van der Waals surface area contributed by atoms with Gasteiger partial charge in [-0.3, -0.25) is 14.4 Å². The van der Waals surface area contributed by atoms with Crippen molar-refractivity contribution in [1.82, 2.24) is 15.1 Å². The fourth-order valence-electron chi connectivity index (χ4n) is 2.59. The van der Waals surface area contributed by atoms with Crippen LogP contribution in [0.1, 0.15) is 19.4 Å². The number of piperazine rings is 1. The summed E-state index contributed by atoms with van der Waals surface area (Å²) in [4.78, 5) is 39.0. The van der Waals surface area contributed by atoms with Gasteiger partial charge in [-0.15, -0.1) is 0 Å². The Morgan fingerprint density at radius 1 is 1.08 bits per heavy atom. The lowest BCUT2D eigenvalue weighted by Crippen LogP contribution is -2.55. The number of likely N-dealkylation sites (N-methyl/N-ethyl adjacent to an activating group) is 1. The van der Waals surface area contributed by atoms with Crippen molar-refractivity contribution >= 4 is 23.4 Å². The highest BCUT2D eigenvalue weighted by atomic mass is 16.2. The average Bonchev–Trinajstić information content (AvgIpc) is 2.58. The number of anilines is 1.